The molecule has 0 unspecified atom stereocenters. The van der Waals surface area contributed by atoms with E-state index in [1.54, 1.807) is 6.92 Å². The van der Waals surface area contributed by atoms with E-state index in [2.05, 4.69) is 10.1 Å². The average Bonchev–Trinajstić information content (AvgIpc) is 2.32. The van der Waals surface area contributed by atoms with Crippen LogP contribution in [-0.4, -0.2) is 19.1 Å². The first kappa shape index (κ1) is 14.1. The molecule has 0 saturated carbocycles. The van der Waals surface area contributed by atoms with Crippen molar-refractivity contribution in [3.63, 3.8) is 0 Å². The Labute approximate surface area is 102 Å². The lowest BCUT2D eigenvalue weighted by Crippen LogP contribution is -2.03. The molecule has 3 nitrogen and oxygen atoms in total. The van der Waals surface area contributed by atoms with Crippen LogP contribution in [-0.2, 0) is 9.53 Å². The van der Waals surface area contributed by atoms with E-state index in [0.717, 1.165) is 12.1 Å². The van der Waals surface area contributed by atoms with Crippen molar-refractivity contribution in [2.24, 2.45) is 0 Å². The highest BCUT2D eigenvalue weighted by Crippen LogP contribution is 2.16. The summed E-state index contributed by atoms with van der Waals surface area (Å²) < 4.78 is 42.9. The van der Waals surface area contributed by atoms with E-state index in [1.807, 2.05) is 0 Å². The van der Waals surface area contributed by atoms with E-state index in [9.17, 15) is 18.0 Å². The van der Waals surface area contributed by atoms with Crippen molar-refractivity contribution in [3.05, 3.63) is 41.7 Å². The van der Waals surface area contributed by atoms with Gasteiger partial charge < -0.3 is 10.1 Å². The van der Waals surface area contributed by atoms with Gasteiger partial charge in [-0.3, -0.25) is 0 Å². The second-order valence-corrected chi connectivity index (χ2v) is 3.29. The molecule has 98 valence electrons. The summed E-state index contributed by atoms with van der Waals surface area (Å²) in [5, 5.41) is 2.61. The molecule has 0 saturated heterocycles. The van der Waals surface area contributed by atoms with Crippen LogP contribution in [0.4, 0.5) is 18.9 Å². The number of carbonyl (C=O) groups is 1. The van der Waals surface area contributed by atoms with Gasteiger partial charge in [-0.25, -0.2) is 18.0 Å². The van der Waals surface area contributed by atoms with Crippen molar-refractivity contribution in [2.45, 2.75) is 6.92 Å². The molecule has 0 heterocycles. The summed E-state index contributed by atoms with van der Waals surface area (Å²) in [6.45, 7) is 2.10. The van der Waals surface area contributed by atoms with Crippen molar-refractivity contribution in [2.75, 3.05) is 18.5 Å². The van der Waals surface area contributed by atoms with Crippen molar-refractivity contribution in [3.8, 4) is 0 Å². The quantitative estimate of drug-likeness (QED) is 0.502. The highest BCUT2D eigenvalue weighted by atomic mass is 19.2. The maximum atomic E-state index is 12.8. The van der Waals surface area contributed by atoms with Crippen LogP contribution < -0.4 is 5.32 Å². The molecular weight excluding hydrogens is 247 g/mol. The fraction of sp³-hybridized carbons (Fsp3) is 0.250. The largest absolute Gasteiger partial charge is 0.463 e. The molecule has 0 radical (unpaired) electrons. The Morgan fingerprint density at radius 3 is 2.50 bits per heavy atom. The van der Waals surface area contributed by atoms with Gasteiger partial charge in [0.25, 0.3) is 0 Å². The van der Waals surface area contributed by atoms with E-state index in [-0.39, 0.29) is 18.8 Å². The van der Waals surface area contributed by atoms with Gasteiger partial charge in [0.2, 0.25) is 0 Å². The molecule has 0 fully saturated rings. The van der Waals surface area contributed by atoms with Crippen LogP contribution in [0.2, 0.25) is 0 Å². The van der Waals surface area contributed by atoms with Crippen LogP contribution in [0.25, 0.3) is 0 Å². The highest BCUT2D eigenvalue weighted by molar-refractivity contribution is 5.81. The second-order valence-electron chi connectivity index (χ2n) is 3.29. The summed E-state index contributed by atoms with van der Waals surface area (Å²) in [5.41, 5.74) is 0.0832. The summed E-state index contributed by atoms with van der Waals surface area (Å²) >= 11 is 0. The molecule has 1 rings (SSSR count). The van der Waals surface area contributed by atoms with Gasteiger partial charge in [-0.15, -0.1) is 0 Å². The van der Waals surface area contributed by atoms with E-state index in [0.29, 0.717) is 0 Å². The molecule has 0 aliphatic heterocycles. The van der Waals surface area contributed by atoms with Gasteiger partial charge in [0.1, 0.15) is 0 Å². The Kier molecular flexibility index (Phi) is 5.23. The Morgan fingerprint density at radius 1 is 1.33 bits per heavy atom. The highest BCUT2D eigenvalue weighted by Gasteiger charge is 2.09. The molecule has 0 bridgehead atoms. The third-order valence-electron chi connectivity index (χ3n) is 1.95. The van der Waals surface area contributed by atoms with Gasteiger partial charge in [-0.2, -0.15) is 0 Å². The number of esters is 1. The average molecular weight is 259 g/mol. The molecule has 0 aliphatic carbocycles. The Bertz CT molecular complexity index is 438. The molecular formula is C12H12F3NO2. The predicted molar refractivity (Wildman–Crippen MR) is 60.6 cm³/mol. The number of hydrogen-bond acceptors (Lipinski definition) is 3. The van der Waals surface area contributed by atoms with Gasteiger partial charge in [0.05, 0.1) is 6.61 Å². The first-order valence-corrected chi connectivity index (χ1v) is 5.26. The van der Waals surface area contributed by atoms with Crippen LogP contribution >= 0.6 is 0 Å². The van der Waals surface area contributed by atoms with E-state index in [1.165, 1.54) is 12.2 Å². The zero-order valence-electron chi connectivity index (χ0n) is 9.67. The smallest absolute Gasteiger partial charge is 0.330 e. The minimum absolute atomic E-state index is 0.0832. The van der Waals surface area contributed by atoms with Crippen molar-refractivity contribution >= 4 is 11.7 Å². The third kappa shape index (κ3) is 4.12. The molecule has 0 aliphatic rings. The Balaban J connectivity index is 2.52. The van der Waals surface area contributed by atoms with Gasteiger partial charge in [0.15, 0.2) is 17.5 Å². The molecule has 0 aromatic heterocycles. The van der Waals surface area contributed by atoms with Gasteiger partial charge in [-0.1, -0.05) is 6.08 Å². The number of halogens is 3. The lowest BCUT2D eigenvalue weighted by molar-refractivity contribution is -0.137. The summed E-state index contributed by atoms with van der Waals surface area (Å²) in [6.07, 6.45) is 2.61. The lowest BCUT2D eigenvalue weighted by Gasteiger charge is -2.04. The molecule has 1 aromatic carbocycles. The number of ether oxygens (including phenoxy) is 1. The van der Waals surface area contributed by atoms with Crippen LogP contribution in [0.1, 0.15) is 6.92 Å². The number of rotatable bonds is 5. The van der Waals surface area contributed by atoms with Crippen LogP contribution in [0.5, 0.6) is 0 Å². The van der Waals surface area contributed by atoms with E-state index in [4.69, 9.17) is 0 Å². The molecule has 1 N–H and O–H groups in total. The number of carbonyl (C=O) groups excluding carboxylic acids is 1. The third-order valence-corrected chi connectivity index (χ3v) is 1.95. The summed E-state index contributed by atoms with van der Waals surface area (Å²) in [6, 6.07) is 1.66. The predicted octanol–water partition coefficient (Wildman–Crippen LogP) is 2.64. The Morgan fingerprint density at radius 2 is 1.94 bits per heavy atom. The topological polar surface area (TPSA) is 38.3 Å². The second kappa shape index (κ2) is 6.68. The molecule has 0 spiro atoms. The number of hydrogen-bond donors (Lipinski definition) is 1. The van der Waals surface area contributed by atoms with Crippen molar-refractivity contribution in [1.29, 1.82) is 0 Å². The van der Waals surface area contributed by atoms with E-state index >= 15 is 0 Å². The van der Waals surface area contributed by atoms with E-state index < -0.39 is 23.4 Å². The van der Waals surface area contributed by atoms with Gasteiger partial charge in [-0.05, 0) is 6.92 Å². The number of nitrogens with one attached hydrogen (secondary N) is 1. The first-order chi connectivity index (χ1) is 8.54. The van der Waals surface area contributed by atoms with Gasteiger partial charge >= 0.3 is 5.97 Å². The van der Waals surface area contributed by atoms with Crippen LogP contribution in [0, 0.1) is 17.5 Å². The normalized spacial score (nSPS) is 10.7. The van der Waals surface area contributed by atoms with Crippen LogP contribution in [0.3, 0.4) is 0 Å². The molecule has 18 heavy (non-hydrogen) atoms. The fourth-order valence-corrected chi connectivity index (χ4v) is 1.18. The standard InChI is InChI=1S/C12H12F3NO2/c1-2-18-11(17)4-3-5-16-8-6-9(13)12(15)10(14)7-8/h3-4,6-7,16H,2,5H2,1H3/b4-3+. The molecule has 0 amide bonds. The van der Waals surface area contributed by atoms with Gasteiger partial charge in [0, 0.05) is 30.4 Å². The SMILES string of the molecule is CCOC(=O)/C=C/CNc1cc(F)c(F)c(F)c1. The maximum absolute atomic E-state index is 12.8. The van der Waals surface area contributed by atoms with Crippen molar-refractivity contribution < 1.29 is 22.7 Å². The summed E-state index contributed by atoms with van der Waals surface area (Å²) in [7, 11) is 0. The maximum Gasteiger partial charge on any atom is 0.330 e. The minimum Gasteiger partial charge on any atom is -0.463 e. The minimum atomic E-state index is -1.51. The molecule has 6 heteroatoms. The zero-order chi connectivity index (χ0) is 13.5. The number of anilines is 1. The first-order valence-electron chi connectivity index (χ1n) is 5.26. The lowest BCUT2D eigenvalue weighted by atomic mass is 10.3. The zero-order valence-corrected chi connectivity index (χ0v) is 9.67. The summed E-state index contributed by atoms with van der Waals surface area (Å²) in [5.74, 6) is -4.56. The monoisotopic (exact) mass is 259 g/mol. The fourth-order valence-electron chi connectivity index (χ4n) is 1.18. The Hall–Kier alpha value is -1.98. The summed E-state index contributed by atoms with van der Waals surface area (Å²) in [4.78, 5) is 10.9. The van der Waals surface area contributed by atoms with Crippen molar-refractivity contribution in [1.82, 2.24) is 0 Å². The molecule has 1 aromatic rings. The number of benzene rings is 1. The van der Waals surface area contributed by atoms with Crippen LogP contribution in [0.15, 0.2) is 24.3 Å². The molecule has 0 atom stereocenters.